The number of nitrogens with one attached hydrogen (secondary N) is 2. The van der Waals surface area contributed by atoms with Gasteiger partial charge in [0.25, 0.3) is 0 Å². The molecule has 2 aliphatic carbocycles. The second kappa shape index (κ2) is 11.8. The van der Waals surface area contributed by atoms with Crippen molar-refractivity contribution >= 4 is 29.3 Å². The maximum atomic E-state index is 13.9. The Morgan fingerprint density at radius 2 is 1.23 bits per heavy atom. The molecule has 4 amide bonds. The van der Waals surface area contributed by atoms with Crippen molar-refractivity contribution < 1.29 is 19.2 Å². The number of anilines is 1. The van der Waals surface area contributed by atoms with E-state index in [0.29, 0.717) is 12.1 Å². The van der Waals surface area contributed by atoms with Crippen molar-refractivity contribution in [3.63, 3.8) is 0 Å². The molecule has 43 heavy (non-hydrogen) atoms. The minimum absolute atomic E-state index is 0.0911. The van der Waals surface area contributed by atoms with E-state index in [0.717, 1.165) is 24.0 Å². The first kappa shape index (κ1) is 32.2. The molecule has 2 aromatic carbocycles. The Morgan fingerprint density at radius 3 is 1.74 bits per heavy atom. The van der Waals surface area contributed by atoms with Crippen LogP contribution >= 0.6 is 0 Å². The van der Waals surface area contributed by atoms with Crippen LogP contribution in [0.1, 0.15) is 71.1 Å². The number of hydrogen-bond acceptors (Lipinski definition) is 4. The van der Waals surface area contributed by atoms with Gasteiger partial charge in [0.05, 0.1) is 23.7 Å². The van der Waals surface area contributed by atoms with Crippen LogP contribution in [0.3, 0.4) is 0 Å². The van der Waals surface area contributed by atoms with E-state index >= 15 is 0 Å². The minimum Gasteiger partial charge on any atom is -0.351 e. The summed E-state index contributed by atoms with van der Waals surface area (Å²) in [5.74, 6) is -5.30. The van der Waals surface area contributed by atoms with Crippen molar-refractivity contribution in [2.75, 3.05) is 33.5 Å². The molecule has 0 aromatic heterocycles. The molecule has 232 valence electrons. The largest absolute Gasteiger partial charge is 0.351 e. The van der Waals surface area contributed by atoms with Gasteiger partial charge in [-0.1, -0.05) is 52.0 Å². The fourth-order valence-electron chi connectivity index (χ4n) is 6.26. The maximum absolute atomic E-state index is 13.9. The molecule has 2 aromatic rings. The SMILES string of the molecule is CCC(C)(C)NC(=O)C1C(C(=O)N(C)C)C(C(=O)Nc2ccc3c(c2)Cc2cc(C(C)(C)CC)ccc2-3)C1C(=O)N(C)C. The van der Waals surface area contributed by atoms with Crippen molar-refractivity contribution in [1.82, 2.24) is 15.1 Å². The molecule has 1 fully saturated rings. The van der Waals surface area contributed by atoms with Crippen LogP contribution in [0, 0.1) is 23.7 Å². The molecular weight excluding hydrogens is 540 g/mol. The van der Waals surface area contributed by atoms with E-state index in [2.05, 4.69) is 49.6 Å². The molecule has 4 rings (SSSR count). The Hall–Kier alpha value is -3.68. The number of benzene rings is 2. The molecule has 2 aliphatic rings. The summed E-state index contributed by atoms with van der Waals surface area (Å²) < 4.78 is 0. The van der Waals surface area contributed by atoms with Gasteiger partial charge in [-0.05, 0) is 78.5 Å². The molecule has 0 radical (unpaired) electrons. The Labute approximate surface area is 256 Å². The van der Waals surface area contributed by atoms with Crippen LogP contribution in [-0.2, 0) is 31.0 Å². The zero-order valence-corrected chi connectivity index (χ0v) is 27.4. The highest BCUT2D eigenvalue weighted by molar-refractivity contribution is 6.06. The van der Waals surface area contributed by atoms with Crippen LogP contribution in [0.2, 0.25) is 0 Å². The summed E-state index contributed by atoms with van der Waals surface area (Å²) in [5.41, 5.74) is 6.24. The predicted molar refractivity (Wildman–Crippen MR) is 170 cm³/mol. The van der Waals surface area contributed by atoms with Gasteiger partial charge in [-0.25, -0.2) is 0 Å². The van der Waals surface area contributed by atoms with Crippen molar-refractivity contribution in [3.8, 4) is 11.1 Å². The van der Waals surface area contributed by atoms with Crippen molar-refractivity contribution in [3.05, 3.63) is 53.1 Å². The summed E-state index contributed by atoms with van der Waals surface area (Å²) in [7, 11) is 6.42. The zero-order chi connectivity index (χ0) is 32.0. The zero-order valence-electron chi connectivity index (χ0n) is 27.4. The number of nitrogens with zero attached hydrogens (tertiary/aromatic N) is 2. The molecule has 0 spiro atoms. The molecule has 1 saturated carbocycles. The number of carbonyl (C=O) groups is 4. The third-order valence-corrected chi connectivity index (χ3v) is 9.76. The maximum Gasteiger partial charge on any atom is 0.229 e. The summed E-state index contributed by atoms with van der Waals surface area (Å²) in [6.45, 7) is 12.5. The quantitative estimate of drug-likeness (QED) is 0.374. The molecule has 8 heteroatoms. The van der Waals surface area contributed by atoms with Gasteiger partial charge in [-0.2, -0.15) is 0 Å². The van der Waals surface area contributed by atoms with Crippen LogP contribution in [-0.4, -0.2) is 67.2 Å². The van der Waals surface area contributed by atoms with Crippen molar-refractivity contribution in [2.45, 2.75) is 71.8 Å². The van der Waals surface area contributed by atoms with Crippen molar-refractivity contribution in [2.24, 2.45) is 23.7 Å². The van der Waals surface area contributed by atoms with E-state index in [9.17, 15) is 19.2 Å². The first-order chi connectivity index (χ1) is 20.0. The van der Waals surface area contributed by atoms with Gasteiger partial charge in [0, 0.05) is 39.4 Å². The number of rotatable bonds is 9. The summed E-state index contributed by atoms with van der Waals surface area (Å²) in [6, 6.07) is 12.6. The number of amides is 4. The van der Waals surface area contributed by atoms with Crippen LogP contribution < -0.4 is 10.6 Å². The molecule has 2 atom stereocenters. The number of hydrogen-bond donors (Lipinski definition) is 2. The Balaban J connectivity index is 1.62. The van der Waals surface area contributed by atoms with Crippen molar-refractivity contribution in [1.29, 1.82) is 0 Å². The monoisotopic (exact) mass is 588 g/mol. The van der Waals surface area contributed by atoms with E-state index in [1.807, 2.05) is 39.0 Å². The lowest BCUT2D eigenvalue weighted by Gasteiger charge is -2.50. The predicted octanol–water partition coefficient (Wildman–Crippen LogP) is 4.84. The topological polar surface area (TPSA) is 98.8 Å². The van der Waals surface area contributed by atoms with Gasteiger partial charge in [0.15, 0.2) is 0 Å². The molecule has 0 saturated heterocycles. The highest BCUT2D eigenvalue weighted by atomic mass is 16.2. The summed E-state index contributed by atoms with van der Waals surface area (Å²) in [4.78, 5) is 57.1. The Morgan fingerprint density at radius 1 is 0.721 bits per heavy atom. The number of fused-ring (bicyclic) bond motifs is 3. The second-order valence-corrected chi connectivity index (χ2v) is 13.9. The Bertz CT molecular complexity index is 1410. The molecular formula is C35H48N4O4. The summed E-state index contributed by atoms with van der Waals surface area (Å²) in [6.07, 6.45) is 2.49. The van der Waals surface area contributed by atoms with E-state index in [1.165, 1.54) is 26.5 Å². The molecule has 8 nitrogen and oxygen atoms in total. The fourth-order valence-corrected chi connectivity index (χ4v) is 6.26. The lowest BCUT2D eigenvalue weighted by molar-refractivity contribution is -0.172. The standard InChI is InChI=1S/C35H48N4O4/c1-11-34(3,4)22-13-15-24-20(18-22)17-21-19-23(14-16-25(21)24)36-30(40)26-28(32(42)38(7)8)27(29(26)33(43)39(9)10)31(41)37-35(5,6)12-2/h13-16,18-19,26-29H,11-12,17H2,1-10H3,(H,36,40)(H,37,41). The highest BCUT2D eigenvalue weighted by Crippen LogP contribution is 2.49. The lowest BCUT2D eigenvalue weighted by atomic mass is 9.54. The third kappa shape index (κ3) is 6.06. The van der Waals surface area contributed by atoms with Gasteiger partial charge in [0.1, 0.15) is 0 Å². The van der Waals surface area contributed by atoms with Gasteiger partial charge in [0.2, 0.25) is 23.6 Å². The van der Waals surface area contributed by atoms with Gasteiger partial charge in [-0.15, -0.1) is 0 Å². The second-order valence-electron chi connectivity index (χ2n) is 13.9. The molecule has 0 aliphatic heterocycles. The van der Waals surface area contributed by atoms with Crippen LogP contribution in [0.5, 0.6) is 0 Å². The average molecular weight is 589 g/mol. The number of carbonyl (C=O) groups excluding carboxylic acids is 4. The molecule has 0 bridgehead atoms. The van der Waals surface area contributed by atoms with Crippen LogP contribution in [0.4, 0.5) is 5.69 Å². The van der Waals surface area contributed by atoms with E-state index < -0.39 is 35.1 Å². The molecule has 2 N–H and O–H groups in total. The first-order valence-electron chi connectivity index (χ1n) is 15.3. The first-order valence-corrected chi connectivity index (χ1v) is 15.3. The Kier molecular flexibility index (Phi) is 8.83. The summed E-state index contributed by atoms with van der Waals surface area (Å²) in [5, 5.41) is 6.01. The van der Waals surface area contributed by atoms with Gasteiger partial charge >= 0.3 is 0 Å². The van der Waals surface area contributed by atoms with E-state index in [-0.39, 0.29) is 23.1 Å². The third-order valence-electron chi connectivity index (χ3n) is 9.76. The summed E-state index contributed by atoms with van der Waals surface area (Å²) >= 11 is 0. The van der Waals surface area contributed by atoms with E-state index in [1.54, 1.807) is 28.2 Å². The lowest BCUT2D eigenvalue weighted by Crippen LogP contribution is -2.66. The molecule has 2 unspecified atom stereocenters. The van der Waals surface area contributed by atoms with E-state index in [4.69, 9.17) is 0 Å². The van der Waals surface area contributed by atoms with Crippen LogP contribution in [0.15, 0.2) is 36.4 Å². The van der Waals surface area contributed by atoms with Crippen LogP contribution in [0.25, 0.3) is 11.1 Å². The average Bonchev–Trinajstić information content (AvgIpc) is 3.28. The minimum atomic E-state index is -0.977. The normalized spacial score (nSPS) is 20.8. The smallest absolute Gasteiger partial charge is 0.229 e. The van der Waals surface area contributed by atoms with Gasteiger partial charge in [-0.3, -0.25) is 19.2 Å². The fraction of sp³-hybridized carbons (Fsp3) is 0.543. The molecule has 0 heterocycles. The highest BCUT2D eigenvalue weighted by Gasteiger charge is 2.63. The van der Waals surface area contributed by atoms with Gasteiger partial charge < -0.3 is 20.4 Å².